The first kappa shape index (κ1) is 14.8. The molecule has 0 aromatic carbocycles. The maximum atomic E-state index is 11.8. The number of sulfone groups is 1. The van der Waals surface area contributed by atoms with Crippen LogP contribution in [0.4, 0.5) is 0 Å². The fourth-order valence-electron chi connectivity index (χ4n) is 4.28. The van der Waals surface area contributed by atoms with Crippen LogP contribution in [-0.2, 0) is 9.84 Å². The smallest absolute Gasteiger partial charge is 0.151 e. The Balaban J connectivity index is 1.76. The van der Waals surface area contributed by atoms with Crippen LogP contribution in [0, 0.1) is 5.92 Å². The number of fused-ring (bicyclic) bond motifs is 1. The second-order valence-corrected chi connectivity index (χ2v) is 9.44. The van der Waals surface area contributed by atoms with Gasteiger partial charge in [0.2, 0.25) is 0 Å². The minimum atomic E-state index is -2.78. The van der Waals surface area contributed by atoms with E-state index in [0.717, 1.165) is 19.5 Å². The van der Waals surface area contributed by atoms with E-state index >= 15 is 0 Å². The Hall–Kier alpha value is -0.130. The molecule has 0 bridgehead atoms. The van der Waals surface area contributed by atoms with Crippen molar-refractivity contribution >= 4 is 9.84 Å². The molecule has 4 nitrogen and oxygen atoms in total. The monoisotopic (exact) mass is 300 g/mol. The molecule has 3 saturated heterocycles. The van der Waals surface area contributed by atoms with E-state index in [9.17, 15) is 8.42 Å². The zero-order valence-electron chi connectivity index (χ0n) is 12.8. The summed E-state index contributed by atoms with van der Waals surface area (Å²) in [5, 5.41) is 0. The van der Waals surface area contributed by atoms with Crippen molar-refractivity contribution in [1.29, 1.82) is 0 Å². The molecule has 5 heteroatoms. The molecule has 0 spiro atoms. The summed E-state index contributed by atoms with van der Waals surface area (Å²) in [6, 6.07) is 1.47. The highest BCUT2D eigenvalue weighted by Gasteiger charge is 2.42. The van der Waals surface area contributed by atoms with E-state index in [4.69, 9.17) is 0 Å². The number of rotatable bonds is 2. The Kier molecular flexibility index (Phi) is 4.13. The van der Waals surface area contributed by atoms with Gasteiger partial charge in [0, 0.05) is 31.2 Å². The van der Waals surface area contributed by atoms with Gasteiger partial charge in [-0.3, -0.25) is 9.80 Å². The van der Waals surface area contributed by atoms with E-state index in [-0.39, 0.29) is 6.04 Å². The molecule has 0 aliphatic carbocycles. The second kappa shape index (κ2) is 5.58. The maximum absolute atomic E-state index is 11.8. The largest absolute Gasteiger partial charge is 0.298 e. The van der Waals surface area contributed by atoms with Crippen molar-refractivity contribution in [2.75, 3.05) is 31.1 Å². The Morgan fingerprint density at radius 3 is 2.50 bits per heavy atom. The van der Waals surface area contributed by atoms with Crippen LogP contribution >= 0.6 is 0 Å². The molecule has 20 heavy (non-hydrogen) atoms. The second-order valence-electron chi connectivity index (χ2n) is 7.21. The average Bonchev–Trinajstić information content (AvgIpc) is 2.77. The number of hydrogen-bond donors (Lipinski definition) is 0. The lowest BCUT2D eigenvalue weighted by Crippen LogP contribution is -2.63. The van der Waals surface area contributed by atoms with Crippen LogP contribution in [0.3, 0.4) is 0 Å². The quantitative estimate of drug-likeness (QED) is 0.772. The molecule has 3 fully saturated rings. The van der Waals surface area contributed by atoms with E-state index in [1.165, 1.54) is 25.8 Å². The summed E-state index contributed by atoms with van der Waals surface area (Å²) >= 11 is 0. The predicted molar refractivity (Wildman–Crippen MR) is 81.6 cm³/mol. The van der Waals surface area contributed by atoms with Crippen LogP contribution in [0.2, 0.25) is 0 Å². The Morgan fingerprint density at radius 2 is 1.85 bits per heavy atom. The molecule has 0 aromatic rings. The summed E-state index contributed by atoms with van der Waals surface area (Å²) in [5.74, 6) is 1.39. The van der Waals surface area contributed by atoms with Crippen molar-refractivity contribution in [3.63, 3.8) is 0 Å². The van der Waals surface area contributed by atoms with Crippen molar-refractivity contribution in [3.05, 3.63) is 0 Å². The van der Waals surface area contributed by atoms with Gasteiger partial charge in [-0.25, -0.2) is 8.42 Å². The van der Waals surface area contributed by atoms with Crippen LogP contribution in [0.25, 0.3) is 0 Å². The van der Waals surface area contributed by atoms with Crippen molar-refractivity contribution in [3.8, 4) is 0 Å². The van der Waals surface area contributed by atoms with Gasteiger partial charge in [0.25, 0.3) is 0 Å². The third kappa shape index (κ3) is 2.90. The lowest BCUT2D eigenvalue weighted by atomic mass is 9.90. The molecular formula is C15H28N2O2S. The summed E-state index contributed by atoms with van der Waals surface area (Å²) in [6.07, 6.45) is 4.81. The third-order valence-electron chi connectivity index (χ3n) is 5.47. The minimum Gasteiger partial charge on any atom is -0.298 e. The van der Waals surface area contributed by atoms with Crippen LogP contribution in [0.15, 0.2) is 0 Å². The van der Waals surface area contributed by atoms with Gasteiger partial charge in [0.15, 0.2) is 9.84 Å². The van der Waals surface area contributed by atoms with Crippen LogP contribution in [-0.4, -0.2) is 67.5 Å². The Labute approximate surface area is 123 Å². The molecular weight excluding hydrogens is 272 g/mol. The summed E-state index contributed by atoms with van der Waals surface area (Å²) in [7, 11) is -2.78. The first-order valence-electron chi connectivity index (χ1n) is 8.16. The highest BCUT2D eigenvalue weighted by Crippen LogP contribution is 2.31. The normalized spacial score (nSPS) is 39.0. The molecule has 0 amide bonds. The fraction of sp³-hybridized carbons (Fsp3) is 1.00. The van der Waals surface area contributed by atoms with Crippen LogP contribution < -0.4 is 0 Å². The van der Waals surface area contributed by atoms with E-state index < -0.39 is 9.84 Å². The minimum absolute atomic E-state index is 0.275. The average molecular weight is 300 g/mol. The number of piperazine rings is 1. The summed E-state index contributed by atoms with van der Waals surface area (Å²) in [6.45, 7) is 8.03. The summed E-state index contributed by atoms with van der Waals surface area (Å²) < 4.78 is 23.6. The number of piperidine rings is 1. The van der Waals surface area contributed by atoms with E-state index in [1.54, 1.807) is 0 Å². The van der Waals surface area contributed by atoms with Gasteiger partial charge in [0.05, 0.1) is 11.5 Å². The number of hydrogen-bond acceptors (Lipinski definition) is 4. The summed E-state index contributed by atoms with van der Waals surface area (Å²) in [4.78, 5) is 5.22. The molecule has 3 aliphatic heterocycles. The van der Waals surface area contributed by atoms with Gasteiger partial charge in [-0.2, -0.15) is 0 Å². The summed E-state index contributed by atoms with van der Waals surface area (Å²) in [5.41, 5.74) is 0. The zero-order chi connectivity index (χ0) is 14.3. The third-order valence-corrected chi connectivity index (χ3v) is 7.22. The van der Waals surface area contributed by atoms with E-state index in [1.807, 2.05) is 0 Å². The van der Waals surface area contributed by atoms with Crippen molar-refractivity contribution in [1.82, 2.24) is 9.80 Å². The van der Waals surface area contributed by atoms with E-state index in [0.29, 0.717) is 29.5 Å². The van der Waals surface area contributed by atoms with Gasteiger partial charge >= 0.3 is 0 Å². The number of nitrogens with zero attached hydrogens (tertiary/aromatic N) is 2. The van der Waals surface area contributed by atoms with Gasteiger partial charge in [0.1, 0.15) is 0 Å². The van der Waals surface area contributed by atoms with Crippen LogP contribution in [0.5, 0.6) is 0 Å². The SMILES string of the molecule is CC(C)C1CN2CCCCC2CN1C1CCS(=O)(=O)C1. The fourth-order valence-corrected chi connectivity index (χ4v) is 6.02. The topological polar surface area (TPSA) is 40.6 Å². The van der Waals surface area contributed by atoms with Crippen molar-refractivity contribution < 1.29 is 8.42 Å². The van der Waals surface area contributed by atoms with Crippen molar-refractivity contribution in [2.24, 2.45) is 5.92 Å². The molecule has 3 rings (SSSR count). The standard InChI is InChI=1S/C15H28N2O2S/c1-12(2)15-10-16-7-4-3-5-13(16)9-17(15)14-6-8-20(18,19)11-14/h12-15H,3-11H2,1-2H3. The molecule has 0 radical (unpaired) electrons. The molecule has 3 heterocycles. The van der Waals surface area contributed by atoms with Crippen LogP contribution in [0.1, 0.15) is 39.5 Å². The van der Waals surface area contributed by atoms with Crippen molar-refractivity contribution in [2.45, 2.75) is 57.7 Å². The first-order chi connectivity index (χ1) is 9.46. The highest BCUT2D eigenvalue weighted by molar-refractivity contribution is 7.91. The predicted octanol–water partition coefficient (Wildman–Crippen LogP) is 1.37. The Bertz CT molecular complexity index is 449. The first-order valence-corrected chi connectivity index (χ1v) is 9.98. The van der Waals surface area contributed by atoms with Gasteiger partial charge in [-0.05, 0) is 31.7 Å². The highest BCUT2D eigenvalue weighted by atomic mass is 32.2. The molecule has 116 valence electrons. The van der Waals surface area contributed by atoms with E-state index in [2.05, 4.69) is 23.6 Å². The Morgan fingerprint density at radius 1 is 1.05 bits per heavy atom. The van der Waals surface area contributed by atoms with Gasteiger partial charge in [-0.15, -0.1) is 0 Å². The molecule has 0 N–H and O–H groups in total. The molecule has 3 aliphatic rings. The maximum Gasteiger partial charge on any atom is 0.151 e. The van der Waals surface area contributed by atoms with Gasteiger partial charge in [-0.1, -0.05) is 20.3 Å². The zero-order valence-corrected chi connectivity index (χ0v) is 13.6. The lowest BCUT2D eigenvalue weighted by Gasteiger charge is -2.51. The molecule has 0 saturated carbocycles. The van der Waals surface area contributed by atoms with Gasteiger partial charge < -0.3 is 0 Å². The molecule has 0 aromatic heterocycles. The molecule has 3 unspecified atom stereocenters. The molecule has 3 atom stereocenters. The lowest BCUT2D eigenvalue weighted by molar-refractivity contribution is -0.0249.